The van der Waals surface area contributed by atoms with Crippen LogP contribution < -0.4 is 0 Å². The molecular formula is C29H38F3N3. The summed E-state index contributed by atoms with van der Waals surface area (Å²) in [4.78, 5) is 8.30. The lowest BCUT2D eigenvalue weighted by molar-refractivity contribution is -0.137. The van der Waals surface area contributed by atoms with E-state index in [0.29, 0.717) is 24.4 Å². The molecule has 35 heavy (non-hydrogen) atoms. The van der Waals surface area contributed by atoms with Gasteiger partial charge < -0.3 is 9.80 Å². The fraction of sp³-hybridized carbons (Fsp3) is 0.552. The van der Waals surface area contributed by atoms with Crippen LogP contribution >= 0.6 is 0 Å². The smallest absolute Gasteiger partial charge is 0.358 e. The Hall–Kier alpha value is -2.50. The van der Waals surface area contributed by atoms with Gasteiger partial charge in [0.1, 0.15) is 0 Å². The molecule has 3 aliphatic rings. The van der Waals surface area contributed by atoms with Crippen LogP contribution in [0.1, 0.15) is 74.3 Å². The van der Waals surface area contributed by atoms with Gasteiger partial charge in [-0.1, -0.05) is 63.6 Å². The zero-order valence-corrected chi connectivity index (χ0v) is 21.0. The molecule has 0 amide bonds. The number of hydrogen-bond acceptors (Lipinski definition) is 3. The largest absolute Gasteiger partial charge is 0.417 e. The Kier molecular flexibility index (Phi) is 8.08. The molecular weight excluding hydrogens is 447 g/mol. The fourth-order valence-electron chi connectivity index (χ4n) is 5.49. The predicted molar refractivity (Wildman–Crippen MR) is 135 cm³/mol. The Morgan fingerprint density at radius 1 is 0.943 bits per heavy atom. The number of hydrogen-bond donors (Lipinski definition) is 0. The highest BCUT2D eigenvalue weighted by Crippen LogP contribution is 2.35. The van der Waals surface area contributed by atoms with E-state index in [4.69, 9.17) is 0 Å². The summed E-state index contributed by atoms with van der Waals surface area (Å²) in [5.41, 5.74) is 2.31. The van der Waals surface area contributed by atoms with E-state index in [1.165, 1.54) is 31.7 Å². The third kappa shape index (κ3) is 6.59. The molecule has 1 aromatic carbocycles. The second-order valence-electron chi connectivity index (χ2n) is 10.6. The first-order valence-electron chi connectivity index (χ1n) is 13.0. The van der Waals surface area contributed by atoms with Crippen LogP contribution in [0.4, 0.5) is 13.2 Å². The Balaban J connectivity index is 0.000000189. The predicted octanol–water partition coefficient (Wildman–Crippen LogP) is 7.25. The molecule has 1 unspecified atom stereocenters. The van der Waals surface area contributed by atoms with Crippen LogP contribution in [0.5, 0.6) is 0 Å². The summed E-state index contributed by atoms with van der Waals surface area (Å²) in [6.07, 6.45) is 4.02. The van der Waals surface area contributed by atoms with Gasteiger partial charge in [-0.25, -0.2) is 0 Å². The van der Waals surface area contributed by atoms with Gasteiger partial charge in [0.05, 0.1) is 11.4 Å². The summed E-state index contributed by atoms with van der Waals surface area (Å²) < 4.78 is 38.5. The van der Waals surface area contributed by atoms with Crippen LogP contribution in [0.2, 0.25) is 0 Å². The van der Waals surface area contributed by atoms with E-state index >= 15 is 0 Å². The first kappa shape index (κ1) is 25.6. The van der Waals surface area contributed by atoms with E-state index in [2.05, 4.69) is 65.5 Å². The Labute approximate surface area is 208 Å². The van der Waals surface area contributed by atoms with Gasteiger partial charge in [0.15, 0.2) is 0 Å². The average Bonchev–Trinajstić information content (AvgIpc) is 3.30. The number of fused-ring (bicyclic) bond motifs is 1. The minimum Gasteiger partial charge on any atom is -0.358 e. The Morgan fingerprint density at radius 3 is 2.29 bits per heavy atom. The second kappa shape index (κ2) is 11.0. The zero-order valence-electron chi connectivity index (χ0n) is 21.0. The van der Waals surface area contributed by atoms with Crippen molar-refractivity contribution in [2.45, 2.75) is 71.0 Å². The quantitative estimate of drug-likeness (QED) is 0.456. The highest BCUT2D eigenvalue weighted by Gasteiger charge is 2.33. The minimum atomic E-state index is -4.34. The number of rotatable bonds is 3. The van der Waals surface area contributed by atoms with Gasteiger partial charge in [-0.3, -0.25) is 4.98 Å². The van der Waals surface area contributed by atoms with Crippen molar-refractivity contribution < 1.29 is 13.2 Å². The molecule has 0 radical (unpaired) electrons. The first-order chi connectivity index (χ1) is 16.7. The maximum atomic E-state index is 12.8. The topological polar surface area (TPSA) is 19.4 Å². The van der Waals surface area contributed by atoms with Gasteiger partial charge in [0.25, 0.3) is 0 Å². The minimum absolute atomic E-state index is 0.454. The van der Waals surface area contributed by atoms with Crippen molar-refractivity contribution in [3.05, 3.63) is 77.4 Å². The number of benzene rings is 1. The highest BCUT2D eigenvalue weighted by atomic mass is 19.4. The molecule has 0 spiro atoms. The Bertz CT molecular complexity index is 980. The molecule has 3 nitrogen and oxygen atoms in total. The van der Waals surface area contributed by atoms with Gasteiger partial charge in [-0.2, -0.15) is 13.2 Å². The lowest BCUT2D eigenvalue weighted by Gasteiger charge is -2.36. The summed E-state index contributed by atoms with van der Waals surface area (Å²) in [5.74, 6) is 3.37. The van der Waals surface area contributed by atoms with Gasteiger partial charge in [0, 0.05) is 44.5 Å². The molecule has 5 rings (SSSR count). The summed E-state index contributed by atoms with van der Waals surface area (Å²) in [6, 6.07) is 12.2. The summed E-state index contributed by atoms with van der Waals surface area (Å²) >= 11 is 0. The van der Waals surface area contributed by atoms with Crippen molar-refractivity contribution in [2.75, 3.05) is 19.6 Å². The van der Waals surface area contributed by atoms with Gasteiger partial charge in [-0.15, -0.1) is 0 Å². The number of aromatic nitrogens is 1. The van der Waals surface area contributed by atoms with Gasteiger partial charge in [0.2, 0.25) is 0 Å². The number of halogens is 3. The molecule has 190 valence electrons. The molecule has 2 fully saturated rings. The molecule has 1 saturated heterocycles. The van der Waals surface area contributed by atoms with E-state index in [1.807, 2.05) is 0 Å². The van der Waals surface area contributed by atoms with Crippen molar-refractivity contribution in [1.82, 2.24) is 14.8 Å². The first-order valence-corrected chi connectivity index (χ1v) is 13.0. The zero-order chi connectivity index (χ0) is 25.0. The SMILES string of the molecule is C=C(N1CCc2ncc(C(F)(F)F)cc2C1)N1CCC(C)C1.CC1CCC(c2ccccc2)CC1. The van der Waals surface area contributed by atoms with Crippen LogP contribution in [-0.4, -0.2) is 34.4 Å². The molecule has 1 aromatic heterocycles. The third-order valence-electron chi connectivity index (χ3n) is 7.81. The summed E-state index contributed by atoms with van der Waals surface area (Å²) in [6.45, 7) is 11.9. The number of alkyl halides is 3. The molecule has 0 bridgehead atoms. The summed E-state index contributed by atoms with van der Waals surface area (Å²) in [7, 11) is 0. The van der Waals surface area contributed by atoms with Gasteiger partial charge in [-0.05, 0) is 54.2 Å². The van der Waals surface area contributed by atoms with Crippen LogP contribution in [0.3, 0.4) is 0 Å². The van der Waals surface area contributed by atoms with Crippen molar-refractivity contribution in [1.29, 1.82) is 0 Å². The third-order valence-corrected chi connectivity index (χ3v) is 7.81. The van der Waals surface area contributed by atoms with Crippen LogP contribution in [0.15, 0.2) is 55.0 Å². The van der Waals surface area contributed by atoms with E-state index in [9.17, 15) is 13.2 Å². The lowest BCUT2D eigenvalue weighted by Crippen LogP contribution is -2.37. The monoisotopic (exact) mass is 485 g/mol. The molecule has 1 aliphatic carbocycles. The lowest BCUT2D eigenvalue weighted by atomic mass is 9.79. The normalized spacial score (nSPS) is 24.4. The molecule has 1 saturated carbocycles. The maximum absolute atomic E-state index is 12.8. The maximum Gasteiger partial charge on any atom is 0.417 e. The summed E-state index contributed by atoms with van der Waals surface area (Å²) in [5, 5.41) is 0. The molecule has 6 heteroatoms. The number of nitrogens with zero attached hydrogens (tertiary/aromatic N) is 3. The van der Waals surface area contributed by atoms with Crippen LogP contribution in [0.25, 0.3) is 0 Å². The number of likely N-dealkylation sites (tertiary alicyclic amines) is 1. The van der Waals surface area contributed by atoms with E-state index < -0.39 is 11.7 Å². The molecule has 3 heterocycles. The van der Waals surface area contributed by atoms with Crippen molar-refractivity contribution in [3.63, 3.8) is 0 Å². The van der Waals surface area contributed by atoms with Crippen LogP contribution in [-0.2, 0) is 19.1 Å². The van der Waals surface area contributed by atoms with Crippen LogP contribution in [0, 0.1) is 11.8 Å². The van der Waals surface area contributed by atoms with Crippen molar-refractivity contribution >= 4 is 0 Å². The fourth-order valence-corrected chi connectivity index (χ4v) is 5.49. The van der Waals surface area contributed by atoms with E-state index in [1.54, 1.807) is 5.56 Å². The standard InChI is InChI=1S/C16H20F3N3.C13H18/c1-11-3-5-21(9-11)12(2)22-6-4-15-13(10-22)7-14(8-20-15)16(17,18)19;1-11-7-9-13(10-8-11)12-5-3-2-4-6-12/h7-8,11H,2-6,9-10H2,1H3;2-6,11,13H,7-10H2,1H3. The highest BCUT2D eigenvalue weighted by molar-refractivity contribution is 5.29. The van der Waals surface area contributed by atoms with Crippen molar-refractivity contribution in [2.24, 2.45) is 11.8 Å². The molecule has 0 N–H and O–H groups in total. The number of pyridine rings is 1. The van der Waals surface area contributed by atoms with E-state index in [-0.39, 0.29) is 0 Å². The molecule has 1 atom stereocenters. The molecule has 2 aromatic rings. The van der Waals surface area contributed by atoms with Crippen molar-refractivity contribution in [3.8, 4) is 0 Å². The van der Waals surface area contributed by atoms with Gasteiger partial charge >= 0.3 is 6.18 Å². The van der Waals surface area contributed by atoms with E-state index in [0.717, 1.165) is 55.6 Å². The second-order valence-corrected chi connectivity index (χ2v) is 10.6. The molecule has 2 aliphatic heterocycles. The Morgan fingerprint density at radius 2 is 1.66 bits per heavy atom. The average molecular weight is 486 g/mol.